The number of amides is 1. The zero-order valence-electron chi connectivity index (χ0n) is 11.0. The molecule has 20 heavy (non-hydrogen) atoms. The van der Waals surface area contributed by atoms with E-state index >= 15 is 0 Å². The van der Waals surface area contributed by atoms with Crippen LogP contribution >= 0.6 is 0 Å². The monoisotopic (exact) mass is 268 g/mol. The highest BCUT2D eigenvalue weighted by Crippen LogP contribution is 2.16. The van der Waals surface area contributed by atoms with Crippen LogP contribution in [0, 0.1) is 0 Å². The Morgan fingerprint density at radius 2 is 1.85 bits per heavy atom. The number of hydrogen-bond donors (Lipinski definition) is 3. The van der Waals surface area contributed by atoms with E-state index in [-0.39, 0.29) is 0 Å². The lowest BCUT2D eigenvalue weighted by molar-refractivity contribution is 0.0707. The van der Waals surface area contributed by atoms with E-state index in [9.17, 15) is 4.79 Å². The van der Waals surface area contributed by atoms with Crippen molar-refractivity contribution in [3.63, 3.8) is 0 Å². The second-order valence-corrected chi connectivity index (χ2v) is 4.29. The Hall–Kier alpha value is -2.59. The maximum absolute atomic E-state index is 11.5. The summed E-state index contributed by atoms with van der Waals surface area (Å²) in [6.45, 7) is 4.30. The van der Waals surface area contributed by atoms with Gasteiger partial charge in [-0.05, 0) is 23.3 Å². The lowest BCUT2D eigenvalue weighted by Gasteiger charge is -2.11. The standard InChI is InChI=1S/C16H16N2O2/c1-2-12-7-9-13(10-8-12)11-17-15-6-4-3-5-14(15)16(19)18-20/h2-10,17,20H,1,11H2,(H,18,19). The van der Waals surface area contributed by atoms with E-state index in [0.29, 0.717) is 17.8 Å². The molecule has 0 aliphatic rings. The normalized spacial score (nSPS) is 9.85. The van der Waals surface area contributed by atoms with Crippen molar-refractivity contribution in [3.8, 4) is 0 Å². The van der Waals surface area contributed by atoms with E-state index in [2.05, 4.69) is 11.9 Å². The van der Waals surface area contributed by atoms with Crippen molar-refractivity contribution in [1.82, 2.24) is 5.48 Å². The molecular formula is C16H16N2O2. The fraction of sp³-hybridized carbons (Fsp3) is 0.0625. The molecule has 0 atom stereocenters. The average molecular weight is 268 g/mol. The van der Waals surface area contributed by atoms with Crippen molar-refractivity contribution in [2.75, 3.05) is 5.32 Å². The quantitative estimate of drug-likeness (QED) is 0.577. The van der Waals surface area contributed by atoms with Gasteiger partial charge in [-0.15, -0.1) is 0 Å². The highest BCUT2D eigenvalue weighted by Gasteiger charge is 2.09. The van der Waals surface area contributed by atoms with Crippen LogP contribution in [0.4, 0.5) is 5.69 Å². The van der Waals surface area contributed by atoms with Gasteiger partial charge in [-0.3, -0.25) is 10.0 Å². The third-order valence-electron chi connectivity index (χ3n) is 2.97. The fourth-order valence-corrected chi connectivity index (χ4v) is 1.86. The molecular weight excluding hydrogens is 252 g/mol. The number of hydroxylamine groups is 1. The summed E-state index contributed by atoms with van der Waals surface area (Å²) in [6.07, 6.45) is 1.79. The molecule has 0 unspecified atom stereocenters. The van der Waals surface area contributed by atoms with Crippen molar-refractivity contribution in [3.05, 3.63) is 71.8 Å². The number of anilines is 1. The Kier molecular flexibility index (Phi) is 4.52. The van der Waals surface area contributed by atoms with Crippen molar-refractivity contribution in [1.29, 1.82) is 0 Å². The lowest BCUT2D eigenvalue weighted by atomic mass is 10.1. The van der Waals surface area contributed by atoms with Gasteiger partial charge in [0.1, 0.15) is 0 Å². The summed E-state index contributed by atoms with van der Waals surface area (Å²) in [7, 11) is 0. The summed E-state index contributed by atoms with van der Waals surface area (Å²) in [5.41, 5.74) is 4.87. The molecule has 2 aromatic rings. The fourth-order valence-electron chi connectivity index (χ4n) is 1.86. The van der Waals surface area contributed by atoms with E-state index in [1.54, 1.807) is 29.8 Å². The van der Waals surface area contributed by atoms with Gasteiger partial charge in [0, 0.05) is 12.2 Å². The molecule has 0 saturated heterocycles. The zero-order chi connectivity index (χ0) is 14.4. The molecule has 0 spiro atoms. The van der Waals surface area contributed by atoms with Crippen LogP contribution in [0.1, 0.15) is 21.5 Å². The van der Waals surface area contributed by atoms with Crippen LogP contribution in [0.3, 0.4) is 0 Å². The molecule has 0 radical (unpaired) electrons. The molecule has 0 saturated carbocycles. The van der Waals surface area contributed by atoms with Crippen LogP contribution < -0.4 is 10.8 Å². The Bertz CT molecular complexity index is 606. The topological polar surface area (TPSA) is 61.4 Å². The maximum atomic E-state index is 11.5. The maximum Gasteiger partial charge on any atom is 0.276 e. The van der Waals surface area contributed by atoms with Crippen LogP contribution in [0.25, 0.3) is 6.08 Å². The number of para-hydroxylation sites is 1. The van der Waals surface area contributed by atoms with E-state index in [0.717, 1.165) is 11.1 Å². The van der Waals surface area contributed by atoms with E-state index in [1.807, 2.05) is 30.3 Å². The Labute approximate surface area is 117 Å². The molecule has 0 aliphatic heterocycles. The van der Waals surface area contributed by atoms with Crippen molar-refractivity contribution in [2.45, 2.75) is 6.54 Å². The number of hydrogen-bond acceptors (Lipinski definition) is 3. The van der Waals surface area contributed by atoms with E-state index < -0.39 is 5.91 Å². The number of rotatable bonds is 5. The molecule has 0 heterocycles. The molecule has 4 nitrogen and oxygen atoms in total. The third kappa shape index (κ3) is 3.24. The Morgan fingerprint density at radius 1 is 1.15 bits per heavy atom. The molecule has 0 fully saturated rings. The van der Waals surface area contributed by atoms with Crippen LogP contribution in [0.15, 0.2) is 55.1 Å². The first kappa shape index (κ1) is 13.8. The summed E-state index contributed by atoms with van der Waals surface area (Å²) in [5, 5.41) is 11.9. The van der Waals surface area contributed by atoms with Crippen LogP contribution in [-0.2, 0) is 6.54 Å². The summed E-state index contributed by atoms with van der Waals surface area (Å²) < 4.78 is 0. The minimum absolute atomic E-state index is 0.401. The number of nitrogens with one attached hydrogen (secondary N) is 2. The van der Waals surface area contributed by atoms with Crippen LogP contribution in [0.2, 0.25) is 0 Å². The molecule has 2 aromatic carbocycles. The first-order valence-electron chi connectivity index (χ1n) is 6.23. The smallest absolute Gasteiger partial charge is 0.276 e. The second kappa shape index (κ2) is 6.54. The molecule has 3 N–H and O–H groups in total. The summed E-state index contributed by atoms with van der Waals surface area (Å²) in [6, 6.07) is 15.0. The van der Waals surface area contributed by atoms with Crippen LogP contribution in [0.5, 0.6) is 0 Å². The minimum atomic E-state index is -0.532. The van der Waals surface area contributed by atoms with Crippen molar-refractivity contribution < 1.29 is 10.0 Å². The van der Waals surface area contributed by atoms with Gasteiger partial charge in [-0.1, -0.05) is 49.1 Å². The van der Waals surface area contributed by atoms with Crippen molar-refractivity contribution in [2.24, 2.45) is 0 Å². The second-order valence-electron chi connectivity index (χ2n) is 4.29. The predicted octanol–water partition coefficient (Wildman–Crippen LogP) is 3.06. The summed E-state index contributed by atoms with van der Waals surface area (Å²) >= 11 is 0. The Balaban J connectivity index is 2.10. The van der Waals surface area contributed by atoms with Gasteiger partial charge in [0.2, 0.25) is 0 Å². The van der Waals surface area contributed by atoms with Gasteiger partial charge in [-0.25, -0.2) is 5.48 Å². The number of carbonyl (C=O) groups is 1. The largest absolute Gasteiger partial charge is 0.380 e. The van der Waals surface area contributed by atoms with E-state index in [4.69, 9.17) is 5.21 Å². The SMILES string of the molecule is C=Cc1ccc(CNc2ccccc2C(=O)NO)cc1. The molecule has 4 heteroatoms. The highest BCUT2D eigenvalue weighted by atomic mass is 16.5. The number of benzene rings is 2. The Morgan fingerprint density at radius 3 is 2.50 bits per heavy atom. The van der Waals surface area contributed by atoms with E-state index in [1.165, 1.54) is 0 Å². The first-order valence-corrected chi connectivity index (χ1v) is 6.23. The summed E-state index contributed by atoms with van der Waals surface area (Å²) in [4.78, 5) is 11.5. The molecule has 0 bridgehead atoms. The summed E-state index contributed by atoms with van der Waals surface area (Å²) in [5.74, 6) is -0.532. The first-order chi connectivity index (χ1) is 9.74. The predicted molar refractivity (Wildman–Crippen MR) is 79.6 cm³/mol. The molecule has 2 rings (SSSR count). The minimum Gasteiger partial charge on any atom is -0.380 e. The van der Waals surface area contributed by atoms with Gasteiger partial charge >= 0.3 is 0 Å². The molecule has 0 aromatic heterocycles. The molecule has 0 aliphatic carbocycles. The number of carbonyl (C=O) groups excluding carboxylic acids is 1. The van der Waals surface area contributed by atoms with Gasteiger partial charge in [-0.2, -0.15) is 0 Å². The lowest BCUT2D eigenvalue weighted by Crippen LogP contribution is -2.20. The van der Waals surface area contributed by atoms with Gasteiger partial charge in [0.05, 0.1) is 5.56 Å². The van der Waals surface area contributed by atoms with Gasteiger partial charge in [0.25, 0.3) is 5.91 Å². The zero-order valence-corrected chi connectivity index (χ0v) is 11.0. The van der Waals surface area contributed by atoms with Gasteiger partial charge < -0.3 is 5.32 Å². The van der Waals surface area contributed by atoms with Crippen molar-refractivity contribution >= 4 is 17.7 Å². The highest BCUT2D eigenvalue weighted by molar-refractivity contribution is 5.98. The average Bonchev–Trinajstić information content (AvgIpc) is 2.53. The van der Waals surface area contributed by atoms with Gasteiger partial charge in [0.15, 0.2) is 0 Å². The van der Waals surface area contributed by atoms with Crippen LogP contribution in [-0.4, -0.2) is 11.1 Å². The molecule has 1 amide bonds. The molecule has 102 valence electrons. The third-order valence-corrected chi connectivity index (χ3v) is 2.97.